The molecule has 3 heterocycles. The fourth-order valence-corrected chi connectivity index (χ4v) is 2.88. The molecule has 3 aromatic heterocycles. The fourth-order valence-electron chi connectivity index (χ4n) is 2.88. The maximum absolute atomic E-state index is 12.2. The zero-order valence-corrected chi connectivity index (χ0v) is 17.8. The lowest BCUT2D eigenvalue weighted by Gasteiger charge is -2.10. The van der Waals surface area contributed by atoms with Gasteiger partial charge in [-0.25, -0.2) is 9.97 Å². The van der Waals surface area contributed by atoms with Gasteiger partial charge in [-0.1, -0.05) is 12.1 Å². The second-order valence-electron chi connectivity index (χ2n) is 6.64. The molecule has 2 N–H and O–H groups in total. The van der Waals surface area contributed by atoms with Crippen LogP contribution >= 0.6 is 0 Å². The van der Waals surface area contributed by atoms with Gasteiger partial charge in [-0.3, -0.25) is 9.36 Å². The second-order valence-corrected chi connectivity index (χ2v) is 6.64. The van der Waals surface area contributed by atoms with Crippen LogP contribution in [0.1, 0.15) is 29.6 Å². The molecule has 32 heavy (non-hydrogen) atoms. The summed E-state index contributed by atoms with van der Waals surface area (Å²) >= 11 is 0. The van der Waals surface area contributed by atoms with Gasteiger partial charge in [0.2, 0.25) is 5.95 Å². The van der Waals surface area contributed by atoms with E-state index in [0.717, 1.165) is 30.2 Å². The lowest BCUT2D eigenvalue weighted by Crippen LogP contribution is -2.12. The number of carbonyl (C=O) groups excluding carboxylic acids is 1. The summed E-state index contributed by atoms with van der Waals surface area (Å²) in [5.74, 6) is 2.29. The van der Waals surface area contributed by atoms with E-state index in [4.69, 9.17) is 4.52 Å². The smallest absolute Gasteiger partial charge is 0.277 e. The van der Waals surface area contributed by atoms with Gasteiger partial charge in [-0.2, -0.15) is 4.98 Å². The zero-order valence-electron chi connectivity index (χ0n) is 17.8. The third-order valence-corrected chi connectivity index (χ3v) is 4.32. The zero-order chi connectivity index (χ0) is 22.9. The van der Waals surface area contributed by atoms with Crippen LogP contribution in [0.15, 0.2) is 59.5 Å². The number of amides is 1. The average molecular weight is 429 g/mol. The van der Waals surface area contributed by atoms with Crippen molar-refractivity contribution < 1.29 is 9.32 Å². The normalized spacial score (nSPS) is 10.1. The molecule has 9 heteroatoms. The van der Waals surface area contributed by atoms with Gasteiger partial charge in [0.25, 0.3) is 5.91 Å². The minimum absolute atomic E-state index is 0.239. The third kappa shape index (κ3) is 5.17. The molecule has 0 bridgehead atoms. The molecule has 0 aliphatic rings. The topological polar surface area (TPSA) is 111 Å². The van der Waals surface area contributed by atoms with E-state index in [9.17, 15) is 4.79 Å². The van der Waals surface area contributed by atoms with Crippen molar-refractivity contribution in [3.05, 3.63) is 66.4 Å². The molecule has 0 radical (unpaired) electrons. The summed E-state index contributed by atoms with van der Waals surface area (Å²) in [5, 5.41) is 9.71. The summed E-state index contributed by atoms with van der Waals surface area (Å²) in [6.45, 7) is 4.63. The lowest BCUT2D eigenvalue weighted by molar-refractivity contribution is 0.101. The molecule has 0 aliphatic carbocycles. The third-order valence-electron chi connectivity index (χ3n) is 4.32. The second kappa shape index (κ2) is 10.5. The minimum atomic E-state index is -0.325. The number of aromatic nitrogens is 5. The quantitative estimate of drug-likeness (QED) is 0.428. The number of terminal acetylenes is 1. The van der Waals surface area contributed by atoms with Gasteiger partial charge < -0.3 is 15.2 Å². The van der Waals surface area contributed by atoms with E-state index in [1.807, 2.05) is 41.1 Å². The summed E-state index contributed by atoms with van der Waals surface area (Å²) in [7, 11) is 0. The van der Waals surface area contributed by atoms with Crippen molar-refractivity contribution in [3.63, 3.8) is 0 Å². The predicted molar refractivity (Wildman–Crippen MR) is 122 cm³/mol. The molecule has 4 rings (SSSR count). The summed E-state index contributed by atoms with van der Waals surface area (Å²) < 4.78 is 6.83. The van der Waals surface area contributed by atoms with Crippen molar-refractivity contribution in [1.29, 1.82) is 0 Å². The van der Waals surface area contributed by atoms with Crippen molar-refractivity contribution in [2.75, 3.05) is 17.2 Å². The van der Waals surface area contributed by atoms with E-state index in [-0.39, 0.29) is 11.6 Å². The molecule has 162 valence electrons. The fraction of sp³-hybridized carbons (Fsp3) is 0.174. The van der Waals surface area contributed by atoms with Gasteiger partial charge >= 0.3 is 0 Å². The largest absolute Gasteiger partial charge is 0.361 e. The molecule has 0 atom stereocenters. The standard InChI is InChI=1S/C21H21N7O2.C2H2/c1-3-9-23-21-24-10-8-18(26-21)28-12-11-22-19(28)15-4-6-16(7-5-15)25-20(29)17-13-14(2)30-27-17;1-2/h4-8,10-13H,3,9H2,1-2H3,(H,25,29)(H,23,24,26);1-2H. The highest BCUT2D eigenvalue weighted by Gasteiger charge is 2.13. The Kier molecular flexibility index (Phi) is 7.33. The average Bonchev–Trinajstić information content (AvgIpc) is 3.49. The SMILES string of the molecule is C#C.CCCNc1nccc(-n2ccnc2-c2ccc(NC(=O)c3cc(C)on3)cc2)n1. The number of nitrogens with one attached hydrogen (secondary N) is 2. The van der Waals surface area contributed by atoms with Crippen molar-refractivity contribution in [2.45, 2.75) is 20.3 Å². The number of carbonyl (C=O) groups is 1. The lowest BCUT2D eigenvalue weighted by atomic mass is 10.2. The van der Waals surface area contributed by atoms with Gasteiger partial charge in [0, 0.05) is 42.5 Å². The van der Waals surface area contributed by atoms with Crippen LogP contribution in [0.3, 0.4) is 0 Å². The van der Waals surface area contributed by atoms with Crippen molar-refractivity contribution in [3.8, 4) is 30.1 Å². The van der Waals surface area contributed by atoms with Gasteiger partial charge in [-0.15, -0.1) is 12.8 Å². The molecule has 0 spiro atoms. The molecule has 9 nitrogen and oxygen atoms in total. The van der Waals surface area contributed by atoms with Crippen molar-refractivity contribution in [1.82, 2.24) is 24.7 Å². The molecule has 0 fully saturated rings. The first-order valence-electron chi connectivity index (χ1n) is 9.93. The monoisotopic (exact) mass is 429 g/mol. The molecule has 1 aromatic carbocycles. The molecule has 0 aliphatic heterocycles. The summed E-state index contributed by atoms with van der Waals surface area (Å²) in [6, 6.07) is 10.8. The van der Waals surface area contributed by atoms with Crippen molar-refractivity contribution in [2.24, 2.45) is 0 Å². The molecular formula is C23H23N7O2. The van der Waals surface area contributed by atoms with Crippen LogP contribution < -0.4 is 10.6 Å². The number of anilines is 2. The van der Waals surface area contributed by atoms with Crippen LogP contribution in [0, 0.1) is 19.8 Å². The first-order valence-corrected chi connectivity index (χ1v) is 9.93. The summed E-state index contributed by atoms with van der Waals surface area (Å²) in [6.07, 6.45) is 14.3. The van der Waals surface area contributed by atoms with Crippen LogP contribution in [0.4, 0.5) is 11.6 Å². The van der Waals surface area contributed by atoms with Gasteiger partial charge in [0.05, 0.1) is 0 Å². The van der Waals surface area contributed by atoms with E-state index >= 15 is 0 Å². The van der Waals surface area contributed by atoms with E-state index < -0.39 is 0 Å². The minimum Gasteiger partial charge on any atom is -0.361 e. The number of nitrogens with zero attached hydrogens (tertiary/aromatic N) is 5. The highest BCUT2D eigenvalue weighted by Crippen LogP contribution is 2.23. The Morgan fingerprint density at radius 2 is 1.91 bits per heavy atom. The van der Waals surface area contributed by atoms with E-state index in [1.165, 1.54) is 0 Å². The molecule has 0 saturated heterocycles. The Labute approximate surface area is 185 Å². The Balaban J connectivity index is 0.00000141. The maximum atomic E-state index is 12.2. The Morgan fingerprint density at radius 1 is 1.12 bits per heavy atom. The number of hydrogen-bond acceptors (Lipinski definition) is 7. The molecular weight excluding hydrogens is 406 g/mol. The highest BCUT2D eigenvalue weighted by atomic mass is 16.5. The Hall–Kier alpha value is -4.45. The highest BCUT2D eigenvalue weighted by molar-refractivity contribution is 6.02. The van der Waals surface area contributed by atoms with Crippen molar-refractivity contribution >= 4 is 17.5 Å². The number of aryl methyl sites for hydroxylation is 1. The molecule has 0 unspecified atom stereocenters. The van der Waals surface area contributed by atoms with Crippen LogP contribution in [0.5, 0.6) is 0 Å². The van der Waals surface area contributed by atoms with Gasteiger partial charge in [0.1, 0.15) is 17.4 Å². The molecule has 1 amide bonds. The van der Waals surface area contributed by atoms with E-state index in [0.29, 0.717) is 17.4 Å². The number of rotatable bonds is 7. The van der Waals surface area contributed by atoms with E-state index in [2.05, 4.69) is 50.5 Å². The predicted octanol–water partition coefficient (Wildman–Crippen LogP) is 3.95. The first-order chi connectivity index (χ1) is 15.6. The summed E-state index contributed by atoms with van der Waals surface area (Å²) in [4.78, 5) is 25.5. The van der Waals surface area contributed by atoms with Crippen LogP contribution in [0.2, 0.25) is 0 Å². The number of benzene rings is 1. The van der Waals surface area contributed by atoms with Crippen LogP contribution in [-0.4, -0.2) is 37.1 Å². The Morgan fingerprint density at radius 3 is 2.59 bits per heavy atom. The van der Waals surface area contributed by atoms with Crippen LogP contribution in [0.25, 0.3) is 17.2 Å². The Bertz CT molecular complexity index is 1190. The molecule has 4 aromatic rings. The number of hydrogen-bond donors (Lipinski definition) is 2. The number of imidazole rings is 1. The first kappa shape index (κ1) is 22.2. The molecule has 0 saturated carbocycles. The van der Waals surface area contributed by atoms with E-state index in [1.54, 1.807) is 25.4 Å². The van der Waals surface area contributed by atoms with Crippen LogP contribution in [-0.2, 0) is 0 Å². The van der Waals surface area contributed by atoms with Gasteiger partial charge in [0.15, 0.2) is 5.69 Å². The maximum Gasteiger partial charge on any atom is 0.277 e. The van der Waals surface area contributed by atoms with Gasteiger partial charge in [-0.05, 0) is 43.7 Å². The summed E-state index contributed by atoms with van der Waals surface area (Å²) in [5.41, 5.74) is 1.77.